The zero-order valence-corrected chi connectivity index (χ0v) is 15.7. The molecule has 0 saturated heterocycles. The molecule has 130 valence electrons. The molecule has 0 fully saturated rings. The Hall–Kier alpha value is -2.04. The van der Waals surface area contributed by atoms with Gasteiger partial charge in [0.1, 0.15) is 18.1 Å². The predicted octanol–water partition coefficient (Wildman–Crippen LogP) is 3.31. The maximum absolute atomic E-state index is 12.1. The average Bonchev–Trinajstić information content (AvgIpc) is 2.53. The summed E-state index contributed by atoms with van der Waals surface area (Å²) in [6.45, 7) is 7.54. The van der Waals surface area contributed by atoms with Crippen LogP contribution >= 0.6 is 0 Å². The van der Waals surface area contributed by atoms with Crippen molar-refractivity contribution in [3.63, 3.8) is 0 Å². The summed E-state index contributed by atoms with van der Waals surface area (Å²) in [7, 11) is 0. The summed E-state index contributed by atoms with van der Waals surface area (Å²) in [5, 5.41) is 10.1. The third-order valence-electron chi connectivity index (χ3n) is 3.94. The number of aryl methyl sites for hydroxylation is 4. The number of aromatic hydroxyl groups is 1. The smallest absolute Gasteiger partial charge is 0.586 e. The van der Waals surface area contributed by atoms with Crippen molar-refractivity contribution in [2.24, 2.45) is 0 Å². The highest BCUT2D eigenvalue weighted by Crippen LogP contribution is 2.30. The largest absolute Gasteiger partial charge is 1.13 e. The molecule has 2 aromatic carbocycles. The summed E-state index contributed by atoms with van der Waals surface area (Å²) in [5.74, 6) is 0.174. The minimum absolute atomic E-state index is 0.0263. The number of hydrogen-bond acceptors (Lipinski definition) is 6. The molecule has 0 spiro atoms. The zero-order valence-electron chi connectivity index (χ0n) is 14.6. The van der Waals surface area contributed by atoms with Crippen LogP contribution in [0.5, 0.6) is 11.5 Å². The van der Waals surface area contributed by atoms with Crippen molar-refractivity contribution < 1.29 is 26.3 Å². The minimum Gasteiger partial charge on any atom is -0.586 e. The van der Waals surface area contributed by atoms with Crippen LogP contribution in [0.3, 0.4) is 0 Å². The molecule has 7 heteroatoms. The third kappa shape index (κ3) is 3.80. The second kappa shape index (κ2) is 7.06. The lowest BCUT2D eigenvalue weighted by Crippen LogP contribution is -2.37. The van der Waals surface area contributed by atoms with Gasteiger partial charge in [-0.15, -0.1) is 0 Å². The van der Waals surface area contributed by atoms with E-state index < -0.39 is 21.1 Å². The first-order valence-electron chi connectivity index (χ1n) is 7.91. The molecule has 1 N–H and O–H groups in total. The summed E-state index contributed by atoms with van der Waals surface area (Å²) in [5.41, 5.74) is 4.57. The van der Waals surface area contributed by atoms with Gasteiger partial charge >= 0.3 is 21.1 Å². The first-order chi connectivity index (χ1) is 11.8. The van der Waals surface area contributed by atoms with Crippen molar-refractivity contribution in [2.45, 2.75) is 34.3 Å². The van der Waals surface area contributed by atoms with E-state index in [-0.39, 0.29) is 12.4 Å². The van der Waals surface area contributed by atoms with Crippen molar-refractivity contribution >= 4 is 21.1 Å². The van der Waals surface area contributed by atoms with Crippen LogP contribution < -0.4 is 3.79 Å². The van der Waals surface area contributed by atoms with Crippen molar-refractivity contribution in [3.8, 4) is 11.5 Å². The number of rotatable bonds is 4. The lowest BCUT2D eigenvalue weighted by Gasteiger charge is -2.23. The van der Waals surface area contributed by atoms with Gasteiger partial charge in [-0.05, 0) is 56.5 Å². The fourth-order valence-corrected chi connectivity index (χ4v) is 4.00. The van der Waals surface area contributed by atoms with Gasteiger partial charge in [0.25, 0.3) is 0 Å². The van der Waals surface area contributed by atoms with E-state index >= 15 is 0 Å². The normalized spacial score (nSPS) is 13.3. The molecule has 0 aliphatic carbocycles. The van der Waals surface area contributed by atoms with Gasteiger partial charge in [0.05, 0.1) is 5.56 Å². The van der Waals surface area contributed by atoms with Gasteiger partial charge in [-0.1, -0.05) is 17.7 Å². The zero-order chi connectivity index (χ0) is 18.1. The molecule has 1 heterocycles. The number of fused-ring (bicyclic) bond motifs is 1. The minimum atomic E-state index is -2.80. The van der Waals surface area contributed by atoms with Gasteiger partial charge in [0, 0.05) is 5.56 Å². The van der Waals surface area contributed by atoms with Gasteiger partial charge in [-0.2, -0.15) is 0 Å². The number of carbonyl (C=O) groups is 1. The fraction of sp³-hybridized carbons (Fsp3) is 0.278. The maximum Gasteiger partial charge on any atom is 1.13 e. The molecular formula is C18H19AlO6. The lowest BCUT2D eigenvalue weighted by atomic mass is 10.1. The van der Waals surface area contributed by atoms with Crippen LogP contribution in [0, 0.1) is 27.7 Å². The van der Waals surface area contributed by atoms with Crippen LogP contribution in [0.1, 0.15) is 38.2 Å². The highest BCUT2D eigenvalue weighted by atomic mass is 27.3. The van der Waals surface area contributed by atoms with E-state index in [2.05, 4.69) is 0 Å². The summed E-state index contributed by atoms with van der Waals surface area (Å²) in [4.78, 5) is 17.3. The Labute approximate surface area is 151 Å². The summed E-state index contributed by atoms with van der Waals surface area (Å²) in [6, 6.07) is 7.34. The molecule has 0 radical (unpaired) electrons. The molecule has 0 atom stereocenters. The number of benzene rings is 2. The van der Waals surface area contributed by atoms with Crippen LogP contribution in [-0.2, 0) is 19.2 Å². The van der Waals surface area contributed by atoms with E-state index in [4.69, 9.17) is 16.4 Å². The molecule has 25 heavy (non-hydrogen) atoms. The van der Waals surface area contributed by atoms with Crippen LogP contribution in [0.2, 0.25) is 0 Å². The van der Waals surface area contributed by atoms with E-state index in [1.54, 1.807) is 6.07 Å². The Bertz CT molecular complexity index is 833. The molecule has 3 rings (SSSR count). The lowest BCUT2D eigenvalue weighted by molar-refractivity contribution is -0.243. The van der Waals surface area contributed by atoms with E-state index in [0.29, 0.717) is 16.9 Å². The van der Waals surface area contributed by atoms with Crippen LogP contribution in [0.25, 0.3) is 0 Å². The van der Waals surface area contributed by atoms with Gasteiger partial charge in [0.2, 0.25) is 0 Å². The molecule has 0 saturated carbocycles. The number of carbonyl (C=O) groups excluding carboxylic acids is 1. The molecule has 0 amide bonds. The van der Waals surface area contributed by atoms with Crippen LogP contribution in [-0.4, -0.2) is 26.2 Å². The Morgan fingerprint density at radius 1 is 1.00 bits per heavy atom. The molecule has 1 aliphatic rings. The quantitative estimate of drug-likeness (QED) is 0.514. The highest BCUT2D eigenvalue weighted by Gasteiger charge is 2.48. The predicted molar refractivity (Wildman–Crippen MR) is 91.2 cm³/mol. The highest BCUT2D eigenvalue weighted by molar-refractivity contribution is 6.42. The van der Waals surface area contributed by atoms with Crippen molar-refractivity contribution in [1.82, 2.24) is 0 Å². The second-order valence-corrected chi connectivity index (χ2v) is 7.46. The Balaban J connectivity index is 1.66. The van der Waals surface area contributed by atoms with Crippen LogP contribution in [0.15, 0.2) is 24.3 Å². The van der Waals surface area contributed by atoms with E-state index in [1.807, 2.05) is 45.9 Å². The summed E-state index contributed by atoms with van der Waals surface area (Å²) >= 11 is -2.80. The van der Waals surface area contributed by atoms with Crippen molar-refractivity contribution in [1.29, 1.82) is 0 Å². The summed E-state index contributed by atoms with van der Waals surface area (Å²) < 4.78 is 16.1. The van der Waals surface area contributed by atoms with Gasteiger partial charge in [-0.3, -0.25) is 8.83 Å². The van der Waals surface area contributed by atoms with Crippen molar-refractivity contribution in [2.75, 3.05) is 0 Å². The third-order valence-corrected chi connectivity index (χ3v) is 5.07. The van der Waals surface area contributed by atoms with E-state index in [9.17, 15) is 9.90 Å². The molecular weight excluding hydrogens is 339 g/mol. The van der Waals surface area contributed by atoms with Crippen LogP contribution in [0.4, 0.5) is 0 Å². The first kappa shape index (κ1) is 17.8. The van der Waals surface area contributed by atoms with Gasteiger partial charge in [0.15, 0.2) is 0 Å². The molecule has 1 aliphatic heterocycles. The van der Waals surface area contributed by atoms with Gasteiger partial charge < -0.3 is 12.7 Å². The molecule has 0 aromatic heterocycles. The van der Waals surface area contributed by atoms with Gasteiger partial charge in [-0.25, -0.2) is 4.79 Å². The SMILES string of the molecule is Cc1cc(C)c(O)c(CO[O][Al]2[O]C(=O)c3cc(C)cc(C)c3[O]2)c1. The Morgan fingerprint density at radius 2 is 1.68 bits per heavy atom. The van der Waals surface area contributed by atoms with Crippen molar-refractivity contribution in [3.05, 3.63) is 57.6 Å². The standard InChI is InChI=1S/C9H12O3.C9H10O3.Al/c1-6-3-7(2)9(10)8(4-6)5-12-11;1-5-3-6(2)8(10)7(4-5)9(11)12;/h3-4,10-11H,5H2,1-2H3;3-4,10H,1-2H3,(H,11,12);/q;;+3/p-3. The average molecular weight is 358 g/mol. The number of phenols is 1. The van der Waals surface area contributed by atoms with E-state index in [0.717, 1.165) is 22.3 Å². The molecule has 2 aromatic rings. The molecule has 0 unspecified atom stereocenters. The van der Waals surface area contributed by atoms with E-state index in [1.165, 1.54) is 0 Å². The second-order valence-electron chi connectivity index (χ2n) is 6.22. The number of hydrogen-bond donors (Lipinski definition) is 1. The maximum atomic E-state index is 12.1. The molecule has 0 bridgehead atoms. The number of phenolic OH excluding ortho intramolecular Hbond substituents is 1. The fourth-order valence-electron chi connectivity index (χ4n) is 2.88. The first-order valence-corrected chi connectivity index (χ1v) is 9.33. The Morgan fingerprint density at radius 3 is 2.44 bits per heavy atom. The monoisotopic (exact) mass is 358 g/mol. The Kier molecular flexibility index (Phi) is 5.02. The molecule has 6 nitrogen and oxygen atoms in total. The topological polar surface area (TPSA) is 74.2 Å². The summed E-state index contributed by atoms with van der Waals surface area (Å²) in [6.07, 6.45) is 0.